The van der Waals surface area contributed by atoms with Gasteiger partial charge in [-0.1, -0.05) is 0 Å². The Kier molecular flexibility index (Phi) is 2.05. The van der Waals surface area contributed by atoms with Crippen LogP contribution in [0.4, 0.5) is 0 Å². The highest BCUT2D eigenvalue weighted by Crippen LogP contribution is 2.30. The van der Waals surface area contributed by atoms with Crippen LogP contribution in [0, 0.1) is 5.92 Å². The number of nitrogens with one attached hydrogen (secondary N) is 1. The fraction of sp³-hybridized carbons (Fsp3) is 0.889. The van der Waals surface area contributed by atoms with Crippen LogP contribution in [0.2, 0.25) is 0 Å². The van der Waals surface area contributed by atoms with Crippen LogP contribution < -0.4 is 5.32 Å². The maximum Gasteiger partial charge on any atom is 0.220 e. The summed E-state index contributed by atoms with van der Waals surface area (Å²) in [6, 6.07) is 0.356. The Morgan fingerprint density at radius 1 is 1.33 bits per heavy atom. The van der Waals surface area contributed by atoms with Crippen molar-refractivity contribution < 1.29 is 9.90 Å². The van der Waals surface area contributed by atoms with Gasteiger partial charge < -0.3 is 10.4 Å². The van der Waals surface area contributed by atoms with E-state index in [2.05, 4.69) is 5.32 Å². The number of aliphatic hydroxyl groups excluding tert-OH is 1. The number of carbonyl (C=O) groups is 1. The van der Waals surface area contributed by atoms with Crippen molar-refractivity contribution in [3.05, 3.63) is 0 Å². The van der Waals surface area contributed by atoms with E-state index in [1.54, 1.807) is 0 Å². The molecule has 1 saturated heterocycles. The minimum absolute atomic E-state index is 0.124. The molecule has 0 radical (unpaired) electrons. The van der Waals surface area contributed by atoms with Gasteiger partial charge in [-0.25, -0.2) is 0 Å². The predicted octanol–water partition coefficient (Wildman–Crippen LogP) is 0.426. The molecule has 0 aromatic carbocycles. The highest BCUT2D eigenvalue weighted by Gasteiger charge is 2.33. The average Bonchev–Trinajstić information content (AvgIpc) is 2.05. The first-order chi connectivity index (χ1) is 5.75. The van der Waals surface area contributed by atoms with Gasteiger partial charge in [-0.3, -0.25) is 4.79 Å². The molecular formula is C9H15NO2. The monoisotopic (exact) mass is 169 g/mol. The van der Waals surface area contributed by atoms with Crippen LogP contribution in [0.5, 0.6) is 0 Å². The number of hydrogen-bond acceptors (Lipinski definition) is 2. The van der Waals surface area contributed by atoms with E-state index in [0.29, 0.717) is 18.4 Å². The molecule has 1 aliphatic carbocycles. The van der Waals surface area contributed by atoms with Gasteiger partial charge in [-0.05, 0) is 31.6 Å². The Morgan fingerprint density at radius 3 is 3.00 bits per heavy atom. The first-order valence-electron chi connectivity index (χ1n) is 4.73. The van der Waals surface area contributed by atoms with E-state index in [-0.39, 0.29) is 12.0 Å². The topological polar surface area (TPSA) is 49.3 Å². The fourth-order valence-electron chi connectivity index (χ4n) is 2.34. The van der Waals surface area contributed by atoms with Gasteiger partial charge >= 0.3 is 0 Å². The van der Waals surface area contributed by atoms with E-state index < -0.39 is 0 Å². The van der Waals surface area contributed by atoms with E-state index in [4.69, 9.17) is 0 Å². The van der Waals surface area contributed by atoms with Crippen molar-refractivity contribution >= 4 is 5.91 Å². The lowest BCUT2D eigenvalue weighted by atomic mass is 9.78. The van der Waals surface area contributed by atoms with Crippen molar-refractivity contribution in [3.8, 4) is 0 Å². The Labute approximate surface area is 72.2 Å². The third-order valence-electron chi connectivity index (χ3n) is 3.04. The zero-order valence-electron chi connectivity index (χ0n) is 7.12. The predicted molar refractivity (Wildman–Crippen MR) is 44.5 cm³/mol. The molecule has 1 saturated carbocycles. The molecule has 1 heterocycles. The van der Waals surface area contributed by atoms with Crippen LogP contribution in [0.25, 0.3) is 0 Å². The maximum absolute atomic E-state index is 11.0. The molecule has 0 aromatic heterocycles. The number of amides is 1. The summed E-state index contributed by atoms with van der Waals surface area (Å²) in [4.78, 5) is 11.0. The average molecular weight is 169 g/mol. The molecule has 2 rings (SSSR count). The Bertz CT molecular complexity index is 193. The Balaban J connectivity index is 1.98. The largest absolute Gasteiger partial charge is 0.393 e. The number of piperidine rings is 1. The van der Waals surface area contributed by atoms with Crippen molar-refractivity contribution in [2.75, 3.05) is 0 Å². The van der Waals surface area contributed by atoms with Gasteiger partial charge in [-0.15, -0.1) is 0 Å². The molecule has 1 aliphatic heterocycles. The van der Waals surface area contributed by atoms with Gasteiger partial charge in [0.15, 0.2) is 0 Å². The smallest absolute Gasteiger partial charge is 0.220 e. The molecule has 12 heavy (non-hydrogen) atoms. The third kappa shape index (κ3) is 1.46. The summed E-state index contributed by atoms with van der Waals surface area (Å²) >= 11 is 0. The van der Waals surface area contributed by atoms with Crippen molar-refractivity contribution in [1.29, 1.82) is 0 Å². The fourth-order valence-corrected chi connectivity index (χ4v) is 2.34. The van der Waals surface area contributed by atoms with Gasteiger partial charge in [0.2, 0.25) is 5.91 Å². The first kappa shape index (κ1) is 8.05. The van der Waals surface area contributed by atoms with E-state index in [1.165, 1.54) is 0 Å². The molecule has 3 atom stereocenters. The zero-order valence-corrected chi connectivity index (χ0v) is 7.12. The summed E-state index contributed by atoms with van der Waals surface area (Å²) in [5.41, 5.74) is 0. The van der Waals surface area contributed by atoms with Crippen LogP contribution >= 0.6 is 0 Å². The zero-order chi connectivity index (χ0) is 8.55. The lowest BCUT2D eigenvalue weighted by molar-refractivity contribution is -0.125. The molecule has 0 bridgehead atoms. The lowest BCUT2D eigenvalue weighted by Crippen LogP contribution is -2.48. The van der Waals surface area contributed by atoms with E-state index in [1.807, 2.05) is 0 Å². The second kappa shape index (κ2) is 3.05. The minimum Gasteiger partial charge on any atom is -0.393 e. The molecule has 3 nitrogen and oxygen atoms in total. The molecule has 0 spiro atoms. The van der Waals surface area contributed by atoms with Crippen molar-refractivity contribution in [2.45, 2.75) is 44.2 Å². The molecule has 0 aromatic rings. The van der Waals surface area contributed by atoms with Crippen LogP contribution in [-0.2, 0) is 4.79 Å². The summed E-state index contributed by atoms with van der Waals surface area (Å²) < 4.78 is 0. The quantitative estimate of drug-likeness (QED) is 0.552. The molecule has 1 amide bonds. The number of carbonyl (C=O) groups excluding carboxylic acids is 1. The van der Waals surface area contributed by atoms with Crippen molar-refractivity contribution in [2.24, 2.45) is 5.92 Å². The van der Waals surface area contributed by atoms with Gasteiger partial charge in [0.05, 0.1) is 6.10 Å². The first-order valence-corrected chi connectivity index (χ1v) is 4.73. The highest BCUT2D eigenvalue weighted by atomic mass is 16.3. The van der Waals surface area contributed by atoms with Crippen molar-refractivity contribution in [3.63, 3.8) is 0 Å². The molecule has 1 unspecified atom stereocenters. The highest BCUT2D eigenvalue weighted by molar-refractivity contribution is 5.77. The minimum atomic E-state index is -0.124. The SMILES string of the molecule is O=C1CC[C@H]2CC(O)CC[C@H]2N1. The van der Waals surface area contributed by atoms with Gasteiger partial charge in [0, 0.05) is 12.5 Å². The summed E-state index contributed by atoms with van der Waals surface area (Å²) in [6.45, 7) is 0. The van der Waals surface area contributed by atoms with Crippen LogP contribution in [0.3, 0.4) is 0 Å². The van der Waals surface area contributed by atoms with Crippen LogP contribution in [0.15, 0.2) is 0 Å². The van der Waals surface area contributed by atoms with Gasteiger partial charge in [0.1, 0.15) is 0 Å². The van der Waals surface area contributed by atoms with Crippen LogP contribution in [-0.4, -0.2) is 23.2 Å². The standard InChI is InChI=1S/C9H15NO2/c11-7-2-3-8-6(5-7)1-4-9(12)10-8/h6-8,11H,1-5H2,(H,10,12)/t6-,7?,8+/m0/s1. The van der Waals surface area contributed by atoms with E-state index in [0.717, 1.165) is 25.7 Å². The molecule has 2 fully saturated rings. The second-order valence-corrected chi connectivity index (χ2v) is 3.94. The summed E-state index contributed by atoms with van der Waals surface area (Å²) in [5, 5.41) is 12.4. The van der Waals surface area contributed by atoms with Crippen LogP contribution in [0.1, 0.15) is 32.1 Å². The number of aliphatic hydroxyl groups is 1. The normalized spacial score (nSPS) is 41.8. The molecule has 68 valence electrons. The third-order valence-corrected chi connectivity index (χ3v) is 3.04. The maximum atomic E-state index is 11.0. The summed E-state index contributed by atoms with van der Waals surface area (Å²) in [6.07, 6.45) is 4.17. The molecule has 2 N–H and O–H groups in total. The lowest BCUT2D eigenvalue weighted by Gasteiger charge is -2.37. The molecule has 3 heteroatoms. The Hall–Kier alpha value is -0.570. The number of fused-ring (bicyclic) bond motifs is 1. The van der Waals surface area contributed by atoms with E-state index in [9.17, 15) is 9.90 Å². The number of rotatable bonds is 0. The summed E-state index contributed by atoms with van der Waals surface area (Å²) in [7, 11) is 0. The second-order valence-electron chi connectivity index (χ2n) is 3.94. The van der Waals surface area contributed by atoms with Crippen molar-refractivity contribution in [1.82, 2.24) is 5.32 Å². The van der Waals surface area contributed by atoms with Gasteiger partial charge in [0.25, 0.3) is 0 Å². The van der Waals surface area contributed by atoms with Gasteiger partial charge in [-0.2, -0.15) is 0 Å². The van der Waals surface area contributed by atoms with E-state index >= 15 is 0 Å². The number of hydrogen-bond donors (Lipinski definition) is 2. The molecule has 2 aliphatic rings. The molecular weight excluding hydrogens is 154 g/mol. The summed E-state index contributed by atoms with van der Waals surface area (Å²) in [5.74, 6) is 0.721. The Morgan fingerprint density at radius 2 is 2.17 bits per heavy atom.